The largest absolute Gasteiger partial charge is 0.258 e. The molecule has 5 aromatic rings. The summed E-state index contributed by atoms with van der Waals surface area (Å²) in [5, 5.41) is 11.6. The summed E-state index contributed by atoms with van der Waals surface area (Å²) in [4.78, 5) is 14.3. The summed E-state index contributed by atoms with van der Waals surface area (Å²) in [6.45, 7) is 0. The maximum Gasteiger partial charge on any atom is 0.215 e. The Labute approximate surface area is 167 Å². The highest BCUT2D eigenvalue weighted by molar-refractivity contribution is 7.99. The molecule has 136 valence electrons. The Hall–Kier alpha value is -3.10. The van der Waals surface area contributed by atoms with E-state index in [9.17, 15) is 4.39 Å². The first-order valence-corrected chi connectivity index (χ1v) is 10.1. The normalized spacial score (nSPS) is 11.2. The summed E-state index contributed by atoms with van der Waals surface area (Å²) >= 11 is 2.91. The van der Waals surface area contributed by atoms with Crippen LogP contribution in [0.1, 0.15) is 0 Å². The molecule has 0 fully saturated rings. The SMILES string of the molecule is Fc1ccc(-c2csc3ncnc(Sc4n[nH]c(-c5ccccc5)n4)c23)cc1. The number of aromatic amines is 1. The summed E-state index contributed by atoms with van der Waals surface area (Å²) in [7, 11) is 0. The second kappa shape index (κ2) is 7.14. The van der Waals surface area contributed by atoms with E-state index >= 15 is 0 Å². The van der Waals surface area contributed by atoms with E-state index in [4.69, 9.17) is 0 Å². The lowest BCUT2D eigenvalue weighted by molar-refractivity contribution is 0.628. The summed E-state index contributed by atoms with van der Waals surface area (Å²) in [6.07, 6.45) is 1.54. The molecule has 0 saturated heterocycles. The van der Waals surface area contributed by atoms with Gasteiger partial charge >= 0.3 is 0 Å². The third-order valence-electron chi connectivity index (χ3n) is 4.19. The van der Waals surface area contributed by atoms with Crippen molar-refractivity contribution in [2.75, 3.05) is 0 Å². The second-order valence-electron chi connectivity index (χ2n) is 5.95. The molecule has 0 spiro atoms. The molecule has 0 aliphatic heterocycles. The van der Waals surface area contributed by atoms with Crippen LogP contribution in [0.2, 0.25) is 0 Å². The van der Waals surface area contributed by atoms with Crippen molar-refractivity contribution in [1.82, 2.24) is 25.1 Å². The van der Waals surface area contributed by atoms with Gasteiger partial charge in [-0.1, -0.05) is 42.5 Å². The molecule has 0 unspecified atom stereocenters. The van der Waals surface area contributed by atoms with Crippen LogP contribution >= 0.6 is 23.1 Å². The molecule has 0 saturated carbocycles. The third kappa shape index (κ3) is 3.17. The molecule has 8 heteroatoms. The minimum absolute atomic E-state index is 0.261. The van der Waals surface area contributed by atoms with Gasteiger partial charge in [0.25, 0.3) is 0 Å². The van der Waals surface area contributed by atoms with Crippen molar-refractivity contribution in [3.8, 4) is 22.5 Å². The first kappa shape index (κ1) is 17.0. The van der Waals surface area contributed by atoms with Gasteiger partial charge in [0.15, 0.2) is 5.82 Å². The van der Waals surface area contributed by atoms with E-state index in [1.807, 2.05) is 35.7 Å². The van der Waals surface area contributed by atoms with E-state index in [0.717, 1.165) is 31.9 Å². The molecule has 1 N–H and O–H groups in total. The van der Waals surface area contributed by atoms with Crippen molar-refractivity contribution in [3.05, 3.63) is 72.1 Å². The Balaban J connectivity index is 1.54. The molecule has 0 amide bonds. The van der Waals surface area contributed by atoms with Gasteiger partial charge in [0.05, 0.1) is 5.39 Å². The molecule has 3 heterocycles. The number of halogens is 1. The summed E-state index contributed by atoms with van der Waals surface area (Å²) in [5.41, 5.74) is 2.86. The Morgan fingerprint density at radius 3 is 2.57 bits per heavy atom. The van der Waals surface area contributed by atoms with E-state index in [1.165, 1.54) is 35.2 Å². The number of nitrogens with one attached hydrogen (secondary N) is 1. The van der Waals surface area contributed by atoms with E-state index in [-0.39, 0.29) is 5.82 Å². The van der Waals surface area contributed by atoms with Gasteiger partial charge in [-0.3, -0.25) is 5.10 Å². The molecule has 0 atom stereocenters. The van der Waals surface area contributed by atoms with Crippen molar-refractivity contribution in [3.63, 3.8) is 0 Å². The Bertz CT molecular complexity index is 1250. The van der Waals surface area contributed by atoms with Crippen molar-refractivity contribution in [2.45, 2.75) is 10.2 Å². The van der Waals surface area contributed by atoms with Crippen molar-refractivity contribution < 1.29 is 4.39 Å². The van der Waals surface area contributed by atoms with Crippen LogP contribution in [0, 0.1) is 5.82 Å². The number of fused-ring (bicyclic) bond motifs is 1. The van der Waals surface area contributed by atoms with Gasteiger partial charge in [0.1, 0.15) is 22.0 Å². The number of rotatable bonds is 4. The Kier molecular flexibility index (Phi) is 4.34. The quantitative estimate of drug-likeness (QED) is 0.404. The van der Waals surface area contributed by atoms with Gasteiger partial charge in [-0.05, 0) is 29.5 Å². The van der Waals surface area contributed by atoms with Gasteiger partial charge in [0.2, 0.25) is 5.16 Å². The topological polar surface area (TPSA) is 67.3 Å². The predicted molar refractivity (Wildman–Crippen MR) is 109 cm³/mol. The molecule has 3 aromatic heterocycles. The van der Waals surface area contributed by atoms with Crippen molar-refractivity contribution in [1.29, 1.82) is 0 Å². The number of H-pyrrole nitrogens is 1. The molecule has 5 nitrogen and oxygen atoms in total. The number of nitrogens with zero attached hydrogens (tertiary/aromatic N) is 4. The molecule has 0 aliphatic carbocycles. The summed E-state index contributed by atoms with van der Waals surface area (Å²) in [6, 6.07) is 16.3. The van der Waals surface area contributed by atoms with Crippen LogP contribution in [0.5, 0.6) is 0 Å². The molecular formula is C20H12FN5S2. The van der Waals surface area contributed by atoms with Gasteiger partial charge in [-0.15, -0.1) is 16.4 Å². The minimum Gasteiger partial charge on any atom is -0.258 e. The first-order chi connectivity index (χ1) is 13.8. The van der Waals surface area contributed by atoms with Crippen LogP contribution in [0.3, 0.4) is 0 Å². The standard InChI is InChI=1S/C20H12FN5S2/c21-14-8-6-12(7-9-14)15-10-27-18-16(15)19(23-11-22-18)28-20-24-17(25-26-20)13-4-2-1-3-5-13/h1-11H,(H,24,25,26). The average molecular weight is 405 g/mol. The lowest BCUT2D eigenvalue weighted by atomic mass is 10.1. The molecular weight excluding hydrogens is 393 g/mol. The molecule has 5 rings (SSSR count). The smallest absolute Gasteiger partial charge is 0.215 e. The molecule has 0 aliphatic rings. The first-order valence-electron chi connectivity index (χ1n) is 8.42. The maximum atomic E-state index is 13.3. The fourth-order valence-corrected chi connectivity index (χ4v) is 4.66. The summed E-state index contributed by atoms with van der Waals surface area (Å²) < 4.78 is 13.3. The zero-order valence-corrected chi connectivity index (χ0v) is 16.0. The highest BCUT2D eigenvalue weighted by Crippen LogP contribution is 2.39. The maximum absolute atomic E-state index is 13.3. The van der Waals surface area contributed by atoms with Crippen LogP contribution in [-0.4, -0.2) is 25.1 Å². The van der Waals surface area contributed by atoms with Crippen molar-refractivity contribution in [2.24, 2.45) is 0 Å². The monoisotopic (exact) mass is 405 g/mol. The zero-order chi connectivity index (χ0) is 18.9. The van der Waals surface area contributed by atoms with Crippen LogP contribution in [0.4, 0.5) is 4.39 Å². The zero-order valence-electron chi connectivity index (χ0n) is 14.3. The number of hydrogen-bond donors (Lipinski definition) is 1. The number of benzene rings is 2. The van der Waals surface area contributed by atoms with Crippen molar-refractivity contribution >= 4 is 33.3 Å². The van der Waals surface area contributed by atoms with E-state index in [2.05, 4.69) is 25.1 Å². The van der Waals surface area contributed by atoms with Crippen LogP contribution in [-0.2, 0) is 0 Å². The van der Waals surface area contributed by atoms with Gasteiger partial charge in [-0.25, -0.2) is 19.3 Å². The predicted octanol–water partition coefficient (Wildman–Crippen LogP) is 5.43. The van der Waals surface area contributed by atoms with Gasteiger partial charge < -0.3 is 0 Å². The Morgan fingerprint density at radius 2 is 1.75 bits per heavy atom. The molecule has 2 aromatic carbocycles. The lowest BCUT2D eigenvalue weighted by Crippen LogP contribution is -1.87. The van der Waals surface area contributed by atoms with E-state index in [1.54, 1.807) is 18.5 Å². The number of thiophene rings is 1. The Morgan fingerprint density at radius 1 is 0.929 bits per heavy atom. The number of hydrogen-bond acceptors (Lipinski definition) is 6. The van der Waals surface area contributed by atoms with E-state index in [0.29, 0.717) is 11.0 Å². The highest BCUT2D eigenvalue weighted by Gasteiger charge is 2.16. The summed E-state index contributed by atoms with van der Waals surface area (Å²) in [5.74, 6) is 0.445. The third-order valence-corrected chi connectivity index (χ3v) is 5.95. The van der Waals surface area contributed by atoms with Gasteiger partial charge in [-0.2, -0.15) is 0 Å². The van der Waals surface area contributed by atoms with E-state index < -0.39 is 0 Å². The average Bonchev–Trinajstić information content (AvgIpc) is 3.37. The fraction of sp³-hybridized carbons (Fsp3) is 0. The highest BCUT2D eigenvalue weighted by atomic mass is 32.2. The van der Waals surface area contributed by atoms with Gasteiger partial charge in [0, 0.05) is 16.5 Å². The van der Waals surface area contributed by atoms with Crippen LogP contribution in [0.25, 0.3) is 32.7 Å². The van der Waals surface area contributed by atoms with Crippen LogP contribution in [0.15, 0.2) is 76.5 Å². The lowest BCUT2D eigenvalue weighted by Gasteiger charge is -2.03. The fourth-order valence-electron chi connectivity index (χ4n) is 2.87. The second-order valence-corrected chi connectivity index (χ2v) is 7.76. The van der Waals surface area contributed by atoms with Crippen LogP contribution < -0.4 is 0 Å². The minimum atomic E-state index is -0.261. The molecule has 0 bridgehead atoms. The number of aromatic nitrogens is 5. The molecule has 28 heavy (non-hydrogen) atoms. The molecule has 0 radical (unpaired) electrons.